The van der Waals surface area contributed by atoms with Crippen molar-refractivity contribution >= 4 is 22.9 Å². The van der Waals surface area contributed by atoms with E-state index >= 15 is 0 Å². The van der Waals surface area contributed by atoms with Crippen LogP contribution in [0.3, 0.4) is 0 Å². The summed E-state index contributed by atoms with van der Waals surface area (Å²) in [5, 5.41) is 11.4. The van der Waals surface area contributed by atoms with E-state index in [-0.39, 0.29) is 12.5 Å². The van der Waals surface area contributed by atoms with Crippen molar-refractivity contribution in [2.45, 2.75) is 6.92 Å². The molecule has 0 atom stereocenters. The van der Waals surface area contributed by atoms with E-state index in [4.69, 9.17) is 13.9 Å². The van der Waals surface area contributed by atoms with E-state index < -0.39 is 0 Å². The Labute approximate surface area is 133 Å². The molecule has 0 fully saturated rings. The Morgan fingerprint density at radius 2 is 1.74 bits per heavy atom. The van der Waals surface area contributed by atoms with Crippen LogP contribution in [-0.4, -0.2) is 11.9 Å². The number of hydrogen-bond donors (Lipinski definition) is 1. The second kappa shape index (κ2) is 5.32. The first-order valence-corrected chi connectivity index (χ1v) is 7.33. The zero-order chi connectivity index (χ0) is 15.8. The molecule has 2 heterocycles. The molecule has 114 valence electrons. The lowest BCUT2D eigenvalue weighted by Crippen LogP contribution is -1.92. The van der Waals surface area contributed by atoms with Crippen LogP contribution >= 0.6 is 0 Å². The lowest BCUT2D eigenvalue weighted by molar-refractivity contribution is 0.174. The summed E-state index contributed by atoms with van der Waals surface area (Å²) in [6, 6.07) is 12.9. The zero-order valence-electron chi connectivity index (χ0n) is 12.6. The minimum Gasteiger partial charge on any atom is -0.508 e. The maximum Gasteiger partial charge on any atom is 0.360 e. The van der Waals surface area contributed by atoms with E-state index in [0.717, 1.165) is 39.4 Å². The van der Waals surface area contributed by atoms with Crippen LogP contribution in [0.5, 0.6) is 17.2 Å². The number of benzene rings is 2. The molecule has 0 radical (unpaired) electrons. The zero-order valence-corrected chi connectivity index (χ0v) is 12.6. The summed E-state index contributed by atoms with van der Waals surface area (Å²) < 4.78 is 16.7. The molecule has 4 rings (SSSR count). The monoisotopic (exact) mass is 307 g/mol. The van der Waals surface area contributed by atoms with Crippen molar-refractivity contribution in [2.75, 3.05) is 6.79 Å². The second-order valence-electron chi connectivity index (χ2n) is 5.44. The number of fused-ring (bicyclic) bond motifs is 2. The molecule has 1 aromatic heterocycles. The lowest BCUT2D eigenvalue weighted by atomic mass is 10.1. The highest BCUT2D eigenvalue weighted by molar-refractivity contribution is 5.93. The minimum absolute atomic E-state index is 0.250. The smallest absolute Gasteiger partial charge is 0.360 e. The standard InChI is InChI=1S/C19H14O4/c1-12-8-14-9-18-19(22-11-21-18)10-16(14)17(23-12)7-4-13-2-5-15(20)6-3-13/h2-10H,11H2,1H3/p+1. The summed E-state index contributed by atoms with van der Waals surface area (Å²) in [5.74, 6) is 3.32. The fraction of sp³-hybridized carbons (Fsp3) is 0.105. The molecule has 1 N–H and O–H groups in total. The van der Waals surface area contributed by atoms with E-state index in [0.29, 0.717) is 0 Å². The fourth-order valence-corrected chi connectivity index (χ4v) is 2.65. The highest BCUT2D eigenvalue weighted by atomic mass is 16.7. The third-order valence-electron chi connectivity index (χ3n) is 3.76. The first-order valence-electron chi connectivity index (χ1n) is 7.33. The van der Waals surface area contributed by atoms with Crippen LogP contribution in [0.15, 0.2) is 46.9 Å². The van der Waals surface area contributed by atoms with Crippen LogP contribution < -0.4 is 9.47 Å². The molecule has 1 aliphatic rings. The molecule has 1 aliphatic heterocycles. The number of ether oxygens (including phenoxy) is 2. The third-order valence-corrected chi connectivity index (χ3v) is 3.76. The quantitative estimate of drug-likeness (QED) is 0.701. The predicted octanol–water partition coefficient (Wildman–Crippen LogP) is 4.63. The Bertz CT molecular complexity index is 911. The number of hydrogen-bond acceptors (Lipinski definition) is 3. The van der Waals surface area contributed by atoms with Crippen molar-refractivity contribution in [3.63, 3.8) is 0 Å². The number of phenols is 1. The Morgan fingerprint density at radius 1 is 1.00 bits per heavy atom. The molecule has 0 amide bonds. The van der Waals surface area contributed by atoms with E-state index in [9.17, 15) is 5.11 Å². The van der Waals surface area contributed by atoms with Crippen LogP contribution in [0.2, 0.25) is 0 Å². The van der Waals surface area contributed by atoms with Crippen LogP contribution in [0.4, 0.5) is 0 Å². The molecular weight excluding hydrogens is 292 g/mol. The Morgan fingerprint density at radius 3 is 2.52 bits per heavy atom. The number of phenolic OH excluding ortho intramolecular Hbond substituents is 1. The van der Waals surface area contributed by atoms with Crippen LogP contribution in [0.25, 0.3) is 22.9 Å². The molecule has 2 aromatic carbocycles. The van der Waals surface area contributed by atoms with E-state index in [1.165, 1.54) is 0 Å². The molecule has 4 heteroatoms. The van der Waals surface area contributed by atoms with Gasteiger partial charge < -0.3 is 14.6 Å². The topological polar surface area (TPSA) is 50.0 Å². The van der Waals surface area contributed by atoms with Crippen molar-refractivity contribution in [2.24, 2.45) is 0 Å². The van der Waals surface area contributed by atoms with Gasteiger partial charge in [0.2, 0.25) is 6.79 Å². The third kappa shape index (κ3) is 2.59. The van der Waals surface area contributed by atoms with Gasteiger partial charge in [0.15, 0.2) is 11.5 Å². The van der Waals surface area contributed by atoms with Gasteiger partial charge in [-0.2, -0.15) is 0 Å². The van der Waals surface area contributed by atoms with Gasteiger partial charge in [0.1, 0.15) is 5.75 Å². The number of aryl methyl sites for hydroxylation is 1. The number of rotatable bonds is 2. The summed E-state index contributed by atoms with van der Waals surface area (Å²) in [5.41, 5.74) is 0.980. The SMILES string of the molecule is Cc1cc2cc3c(cc2c(C=Cc2ccc(O)cc2)[o+]1)OCO3. The van der Waals surface area contributed by atoms with Gasteiger partial charge in [0.25, 0.3) is 0 Å². The Hall–Kier alpha value is -3.01. The summed E-state index contributed by atoms with van der Waals surface area (Å²) in [7, 11) is 0. The van der Waals surface area contributed by atoms with Crippen molar-refractivity contribution in [3.8, 4) is 17.2 Å². The molecule has 0 bridgehead atoms. The molecule has 0 aliphatic carbocycles. The van der Waals surface area contributed by atoms with Gasteiger partial charge in [-0.05, 0) is 29.8 Å². The van der Waals surface area contributed by atoms with E-state index in [1.54, 1.807) is 12.1 Å². The van der Waals surface area contributed by atoms with E-state index in [1.807, 2.05) is 49.4 Å². The molecule has 0 saturated heterocycles. The summed E-state index contributed by atoms with van der Waals surface area (Å²) in [6.45, 7) is 2.17. The van der Waals surface area contributed by atoms with Gasteiger partial charge >= 0.3 is 11.5 Å². The maximum absolute atomic E-state index is 9.34. The largest absolute Gasteiger partial charge is 0.508 e. The summed E-state index contributed by atoms with van der Waals surface area (Å²) in [4.78, 5) is 0. The van der Waals surface area contributed by atoms with Gasteiger partial charge in [-0.15, -0.1) is 0 Å². The molecule has 0 unspecified atom stereocenters. The average molecular weight is 307 g/mol. The van der Waals surface area contributed by atoms with Crippen molar-refractivity contribution in [1.82, 2.24) is 0 Å². The summed E-state index contributed by atoms with van der Waals surface area (Å²) >= 11 is 0. The van der Waals surface area contributed by atoms with Crippen molar-refractivity contribution in [3.05, 3.63) is 59.5 Å². The normalized spacial score (nSPS) is 13.1. The molecular formula is C19H15O4+. The Kier molecular flexibility index (Phi) is 3.15. The predicted molar refractivity (Wildman–Crippen MR) is 88.5 cm³/mol. The average Bonchev–Trinajstić information content (AvgIpc) is 2.99. The molecule has 4 nitrogen and oxygen atoms in total. The Balaban J connectivity index is 1.81. The van der Waals surface area contributed by atoms with Crippen LogP contribution in [0.1, 0.15) is 17.1 Å². The van der Waals surface area contributed by atoms with Gasteiger partial charge in [0, 0.05) is 23.6 Å². The van der Waals surface area contributed by atoms with E-state index in [2.05, 4.69) is 0 Å². The van der Waals surface area contributed by atoms with Gasteiger partial charge in [-0.3, -0.25) is 0 Å². The fourth-order valence-electron chi connectivity index (χ4n) is 2.65. The molecule has 0 spiro atoms. The second-order valence-corrected chi connectivity index (χ2v) is 5.44. The van der Waals surface area contributed by atoms with Crippen molar-refractivity contribution in [1.29, 1.82) is 0 Å². The highest BCUT2D eigenvalue weighted by Crippen LogP contribution is 2.38. The lowest BCUT2D eigenvalue weighted by Gasteiger charge is -1.99. The minimum atomic E-state index is 0.250. The van der Waals surface area contributed by atoms with Crippen LogP contribution in [-0.2, 0) is 0 Å². The molecule has 0 saturated carbocycles. The summed E-state index contributed by atoms with van der Waals surface area (Å²) in [6.07, 6.45) is 3.87. The number of aromatic hydroxyl groups is 1. The highest BCUT2D eigenvalue weighted by Gasteiger charge is 2.20. The van der Waals surface area contributed by atoms with Gasteiger partial charge in [0.05, 0.1) is 12.3 Å². The van der Waals surface area contributed by atoms with Crippen molar-refractivity contribution < 1.29 is 19.0 Å². The molecule has 3 aromatic rings. The maximum atomic E-state index is 9.34. The van der Waals surface area contributed by atoms with Gasteiger partial charge in [-0.1, -0.05) is 12.1 Å². The first kappa shape index (κ1) is 13.6. The van der Waals surface area contributed by atoms with Gasteiger partial charge in [-0.25, -0.2) is 4.42 Å². The molecule has 23 heavy (non-hydrogen) atoms. The first-order chi connectivity index (χ1) is 11.2. The van der Waals surface area contributed by atoms with Crippen LogP contribution in [0, 0.1) is 6.92 Å².